The molecule has 0 aromatic heterocycles. The fraction of sp³-hybridized carbons (Fsp3) is 0.0667. The number of benzene rings is 2. The molecule has 0 aliphatic rings. The van der Waals surface area contributed by atoms with Crippen LogP contribution < -0.4 is 15.4 Å². The van der Waals surface area contributed by atoms with Crippen molar-refractivity contribution in [1.82, 2.24) is 5.32 Å². The first kappa shape index (κ1) is 20.2. The van der Waals surface area contributed by atoms with Crippen LogP contribution in [0.2, 0.25) is 10.0 Å². The van der Waals surface area contributed by atoms with Gasteiger partial charge >= 0.3 is 0 Å². The van der Waals surface area contributed by atoms with Crippen molar-refractivity contribution in [3.8, 4) is 5.75 Å². The third-order valence-electron chi connectivity index (χ3n) is 3.06. The number of nitrogens with one attached hydrogen (secondary N) is 2. The van der Waals surface area contributed by atoms with Crippen molar-refractivity contribution < 1.29 is 27.1 Å². The predicted molar refractivity (Wildman–Crippen MR) is 93.0 cm³/mol. The van der Waals surface area contributed by atoms with E-state index in [1.807, 2.05) is 5.32 Å². The van der Waals surface area contributed by atoms with Crippen LogP contribution in [0.25, 0.3) is 0 Å². The molecule has 0 aliphatic carbocycles. The number of halogens is 6. The van der Waals surface area contributed by atoms with Crippen molar-refractivity contribution >= 4 is 52.1 Å². The molecule has 26 heavy (non-hydrogen) atoms. The van der Waals surface area contributed by atoms with Crippen LogP contribution in [0.1, 0.15) is 10.4 Å². The normalized spacial score (nSPS) is 10.4. The summed E-state index contributed by atoms with van der Waals surface area (Å²) in [5.74, 6) is -10.4. The van der Waals surface area contributed by atoms with Crippen molar-refractivity contribution in [2.24, 2.45) is 0 Å². The summed E-state index contributed by atoms with van der Waals surface area (Å²) in [6, 6.07) is 4.27. The lowest BCUT2D eigenvalue weighted by molar-refractivity contribution is 0.0966. The topological polar surface area (TPSA) is 50.4 Å². The van der Waals surface area contributed by atoms with Crippen molar-refractivity contribution in [3.63, 3.8) is 0 Å². The van der Waals surface area contributed by atoms with Gasteiger partial charge in [0.2, 0.25) is 11.6 Å². The van der Waals surface area contributed by atoms with Crippen LogP contribution in [0.5, 0.6) is 5.75 Å². The lowest BCUT2D eigenvalue weighted by atomic mass is 10.1. The average Bonchev–Trinajstić information content (AvgIpc) is 2.56. The Labute approximate surface area is 160 Å². The van der Waals surface area contributed by atoms with Gasteiger partial charge in [0.05, 0.1) is 17.8 Å². The van der Waals surface area contributed by atoms with E-state index in [9.17, 15) is 22.4 Å². The maximum atomic E-state index is 13.9. The zero-order valence-corrected chi connectivity index (χ0v) is 15.1. The van der Waals surface area contributed by atoms with Gasteiger partial charge in [0.25, 0.3) is 5.91 Å². The lowest BCUT2D eigenvalue weighted by Crippen LogP contribution is -2.35. The summed E-state index contributed by atoms with van der Waals surface area (Å²) in [6.45, 7) is 0. The summed E-state index contributed by atoms with van der Waals surface area (Å²) in [6.07, 6.45) is 0. The van der Waals surface area contributed by atoms with Gasteiger partial charge in [0, 0.05) is 5.02 Å². The van der Waals surface area contributed by atoms with Gasteiger partial charge in [-0.15, -0.1) is 0 Å². The maximum absolute atomic E-state index is 13.9. The molecular formula is C15H8Cl2F4N2O2S. The molecule has 0 saturated carbocycles. The summed E-state index contributed by atoms with van der Waals surface area (Å²) >= 11 is 16.4. The summed E-state index contributed by atoms with van der Waals surface area (Å²) in [5.41, 5.74) is -1.26. The lowest BCUT2D eigenvalue weighted by Gasteiger charge is -2.13. The van der Waals surface area contributed by atoms with Crippen molar-refractivity contribution in [2.75, 3.05) is 12.4 Å². The molecule has 0 radical (unpaired) electrons. The molecule has 2 N–H and O–H groups in total. The Bertz CT molecular complexity index is 883. The number of hydrogen-bond donors (Lipinski definition) is 2. The summed E-state index contributed by atoms with van der Waals surface area (Å²) in [5, 5.41) is 4.44. The molecular weight excluding hydrogens is 419 g/mol. The number of carbonyl (C=O) groups excluding carboxylic acids is 1. The number of amides is 1. The van der Waals surface area contributed by atoms with Gasteiger partial charge in [-0.05, 0) is 30.4 Å². The van der Waals surface area contributed by atoms with Crippen molar-refractivity contribution in [1.29, 1.82) is 0 Å². The molecule has 0 heterocycles. The second-order valence-electron chi connectivity index (χ2n) is 4.70. The van der Waals surface area contributed by atoms with Crippen LogP contribution in [0.4, 0.5) is 23.2 Å². The van der Waals surface area contributed by atoms with Gasteiger partial charge in [-0.25, -0.2) is 8.78 Å². The number of carbonyl (C=O) groups is 1. The summed E-state index contributed by atoms with van der Waals surface area (Å²) in [7, 11) is 0.815. The second kappa shape index (κ2) is 8.07. The second-order valence-corrected chi connectivity index (χ2v) is 5.95. The Morgan fingerprint density at radius 3 is 2.15 bits per heavy atom. The summed E-state index contributed by atoms with van der Waals surface area (Å²) in [4.78, 5) is 12.0. The van der Waals surface area contributed by atoms with E-state index in [1.54, 1.807) is 0 Å². The SMILES string of the molecule is COc1c(F)c(F)c(C(=O)NC(=S)Nc2ccc(Cl)cc2Cl)c(F)c1F. The Balaban J connectivity index is 2.26. The van der Waals surface area contributed by atoms with E-state index in [0.29, 0.717) is 5.02 Å². The zero-order chi connectivity index (χ0) is 19.6. The van der Waals surface area contributed by atoms with Gasteiger partial charge in [0.1, 0.15) is 5.56 Å². The van der Waals surface area contributed by atoms with Crippen LogP contribution in [0, 0.1) is 23.3 Å². The van der Waals surface area contributed by atoms with Crippen molar-refractivity contribution in [3.05, 3.63) is 57.1 Å². The quantitative estimate of drug-likeness (QED) is 0.424. The molecule has 0 aliphatic heterocycles. The van der Waals surface area contributed by atoms with Crippen LogP contribution in [-0.4, -0.2) is 18.1 Å². The predicted octanol–water partition coefficient (Wildman–Crippen LogP) is 4.69. The molecule has 0 unspecified atom stereocenters. The van der Waals surface area contributed by atoms with E-state index in [1.165, 1.54) is 18.2 Å². The maximum Gasteiger partial charge on any atom is 0.263 e. The molecule has 4 nitrogen and oxygen atoms in total. The number of anilines is 1. The third-order valence-corrected chi connectivity index (χ3v) is 3.81. The number of methoxy groups -OCH3 is 1. The van der Waals surface area contributed by atoms with E-state index in [0.717, 1.165) is 7.11 Å². The fourth-order valence-electron chi connectivity index (χ4n) is 1.90. The van der Waals surface area contributed by atoms with E-state index in [2.05, 4.69) is 10.1 Å². The number of thiocarbonyl (C=S) groups is 1. The smallest absolute Gasteiger partial charge is 0.263 e. The third kappa shape index (κ3) is 4.00. The Hall–Kier alpha value is -2.10. The van der Waals surface area contributed by atoms with Gasteiger partial charge in [-0.2, -0.15) is 8.78 Å². The Kier molecular flexibility index (Phi) is 6.27. The van der Waals surface area contributed by atoms with Gasteiger partial charge in [-0.1, -0.05) is 23.2 Å². The van der Waals surface area contributed by atoms with Crippen LogP contribution in [-0.2, 0) is 0 Å². The number of rotatable bonds is 3. The first-order chi connectivity index (χ1) is 12.2. The highest BCUT2D eigenvalue weighted by Gasteiger charge is 2.30. The average molecular weight is 427 g/mol. The van der Waals surface area contributed by atoms with E-state index < -0.39 is 45.6 Å². The Morgan fingerprint density at radius 2 is 1.65 bits per heavy atom. The molecule has 0 spiro atoms. The molecule has 0 fully saturated rings. The first-order valence-corrected chi connectivity index (χ1v) is 7.81. The zero-order valence-electron chi connectivity index (χ0n) is 12.7. The molecule has 138 valence electrons. The number of hydrogen-bond acceptors (Lipinski definition) is 3. The fourth-order valence-corrected chi connectivity index (χ4v) is 2.56. The molecule has 0 atom stereocenters. The van der Waals surface area contributed by atoms with Gasteiger partial charge in [0.15, 0.2) is 22.5 Å². The molecule has 0 bridgehead atoms. The molecule has 1 amide bonds. The Morgan fingerprint density at radius 1 is 1.08 bits per heavy atom. The van der Waals surface area contributed by atoms with Crippen molar-refractivity contribution in [2.45, 2.75) is 0 Å². The van der Waals surface area contributed by atoms with Crippen LogP contribution >= 0.6 is 35.4 Å². The monoisotopic (exact) mass is 426 g/mol. The largest absolute Gasteiger partial charge is 0.491 e. The van der Waals surface area contributed by atoms with Gasteiger partial charge < -0.3 is 10.1 Å². The van der Waals surface area contributed by atoms with E-state index in [-0.39, 0.29) is 10.7 Å². The molecule has 0 saturated heterocycles. The molecule has 2 rings (SSSR count). The van der Waals surface area contributed by atoms with E-state index in [4.69, 9.17) is 35.4 Å². The van der Waals surface area contributed by atoms with E-state index >= 15 is 0 Å². The molecule has 11 heteroatoms. The summed E-state index contributed by atoms with van der Waals surface area (Å²) < 4.78 is 59.4. The highest BCUT2D eigenvalue weighted by Crippen LogP contribution is 2.30. The highest BCUT2D eigenvalue weighted by molar-refractivity contribution is 7.80. The van der Waals surface area contributed by atoms with Gasteiger partial charge in [-0.3, -0.25) is 10.1 Å². The standard InChI is InChI=1S/C15H8Cl2F4N2O2S/c1-25-13-11(20)9(18)8(10(19)12(13)21)14(24)23-15(26)22-7-3-2-5(16)4-6(7)17/h2-4H,1H3,(H2,22,23,24,26). The molecule has 2 aromatic rings. The highest BCUT2D eigenvalue weighted by atomic mass is 35.5. The minimum atomic E-state index is -1.93. The first-order valence-electron chi connectivity index (χ1n) is 6.64. The van der Waals surface area contributed by atoms with Crippen LogP contribution in [0.3, 0.4) is 0 Å². The minimum absolute atomic E-state index is 0.146. The van der Waals surface area contributed by atoms with Crippen LogP contribution in [0.15, 0.2) is 18.2 Å². The number of ether oxygens (including phenoxy) is 1. The minimum Gasteiger partial charge on any atom is -0.491 e. The molecule has 2 aromatic carbocycles.